The minimum atomic E-state index is 0.434. The Morgan fingerprint density at radius 2 is 1.90 bits per heavy atom. The molecule has 0 fully saturated rings. The second kappa shape index (κ2) is 5.43. The minimum Gasteiger partial charge on any atom is -0.222 e. The van der Waals surface area contributed by atoms with Gasteiger partial charge >= 0.3 is 0 Å². The minimum absolute atomic E-state index is 0.434. The summed E-state index contributed by atoms with van der Waals surface area (Å²) in [6.07, 6.45) is 4.49. The van der Waals surface area contributed by atoms with E-state index in [1.54, 1.807) is 10.7 Å². The van der Waals surface area contributed by atoms with Crippen LogP contribution in [0.4, 0.5) is 0 Å². The van der Waals surface area contributed by atoms with Gasteiger partial charge in [0.2, 0.25) is 0 Å². The fourth-order valence-electron chi connectivity index (χ4n) is 1.95. The molecule has 0 aliphatic rings. The van der Waals surface area contributed by atoms with Gasteiger partial charge in [0, 0.05) is 24.2 Å². The van der Waals surface area contributed by atoms with E-state index in [0.717, 1.165) is 17.5 Å². The van der Waals surface area contributed by atoms with Gasteiger partial charge in [-0.05, 0) is 5.56 Å². The van der Waals surface area contributed by atoms with Crippen molar-refractivity contribution in [3.05, 3.63) is 59.8 Å². The van der Waals surface area contributed by atoms with E-state index in [-0.39, 0.29) is 0 Å². The van der Waals surface area contributed by atoms with Crippen molar-refractivity contribution in [1.29, 1.82) is 0 Å². The van der Waals surface area contributed by atoms with Crippen LogP contribution in [0.3, 0.4) is 0 Å². The first-order valence-corrected chi connectivity index (χ1v) is 6.78. The number of rotatable bonds is 3. The Morgan fingerprint density at radius 1 is 1.10 bits per heavy atom. The van der Waals surface area contributed by atoms with Gasteiger partial charge in [0.25, 0.3) is 0 Å². The summed E-state index contributed by atoms with van der Waals surface area (Å²) in [5, 5.41) is 4.78. The molecule has 0 saturated carbocycles. The third kappa shape index (κ3) is 2.56. The van der Waals surface area contributed by atoms with Crippen molar-refractivity contribution in [3.8, 4) is 16.9 Å². The van der Waals surface area contributed by atoms with E-state index in [0.29, 0.717) is 16.8 Å². The smallest absolute Gasteiger partial charge is 0.158 e. The Bertz CT molecular complexity index is 722. The number of hydrogen-bond acceptors (Lipinski definition) is 3. The van der Waals surface area contributed by atoms with Crippen LogP contribution in [0.1, 0.15) is 12.7 Å². The van der Waals surface area contributed by atoms with Crippen molar-refractivity contribution in [3.63, 3.8) is 0 Å². The van der Waals surface area contributed by atoms with Gasteiger partial charge in [0.15, 0.2) is 5.82 Å². The molecule has 1 aromatic carbocycles. The topological polar surface area (TPSA) is 43.6 Å². The van der Waals surface area contributed by atoms with Crippen molar-refractivity contribution in [2.45, 2.75) is 13.3 Å². The molecule has 2 aromatic heterocycles. The van der Waals surface area contributed by atoms with E-state index in [1.807, 2.05) is 49.6 Å². The lowest BCUT2D eigenvalue weighted by atomic mass is 10.1. The first kappa shape index (κ1) is 12.8. The zero-order valence-electron chi connectivity index (χ0n) is 11.0. The van der Waals surface area contributed by atoms with Crippen molar-refractivity contribution in [1.82, 2.24) is 19.7 Å². The lowest BCUT2D eigenvalue weighted by Gasteiger charge is -2.03. The van der Waals surface area contributed by atoms with Crippen LogP contribution in [-0.2, 0) is 6.42 Å². The zero-order valence-corrected chi connectivity index (χ0v) is 11.7. The molecule has 2 heterocycles. The number of halogens is 1. The maximum atomic E-state index is 6.01. The van der Waals surface area contributed by atoms with Gasteiger partial charge in [0.05, 0.1) is 6.20 Å². The van der Waals surface area contributed by atoms with Gasteiger partial charge in [-0.15, -0.1) is 0 Å². The largest absolute Gasteiger partial charge is 0.222 e. The lowest BCUT2D eigenvalue weighted by molar-refractivity contribution is 0.813. The molecule has 4 nitrogen and oxygen atoms in total. The molecular weight excluding hydrogens is 272 g/mol. The Labute approximate surface area is 122 Å². The lowest BCUT2D eigenvalue weighted by Crippen LogP contribution is -2.02. The summed E-state index contributed by atoms with van der Waals surface area (Å²) in [6.45, 7) is 1.99. The number of aryl methyl sites for hydroxylation is 1. The molecule has 0 aliphatic heterocycles. The van der Waals surface area contributed by atoms with Crippen LogP contribution >= 0.6 is 11.6 Å². The summed E-state index contributed by atoms with van der Waals surface area (Å²) in [6, 6.07) is 11.8. The first-order valence-electron chi connectivity index (χ1n) is 6.40. The second-order valence-corrected chi connectivity index (χ2v) is 4.75. The fraction of sp³-hybridized carbons (Fsp3) is 0.133. The van der Waals surface area contributed by atoms with Crippen LogP contribution in [0, 0.1) is 0 Å². The van der Waals surface area contributed by atoms with Gasteiger partial charge in [-0.1, -0.05) is 48.9 Å². The van der Waals surface area contributed by atoms with E-state index >= 15 is 0 Å². The average molecular weight is 285 g/mol. The molecule has 0 unspecified atom stereocenters. The third-order valence-corrected chi connectivity index (χ3v) is 3.16. The van der Waals surface area contributed by atoms with Gasteiger partial charge in [0.1, 0.15) is 11.0 Å². The molecule has 5 heteroatoms. The van der Waals surface area contributed by atoms with Crippen molar-refractivity contribution in [2.75, 3.05) is 0 Å². The van der Waals surface area contributed by atoms with E-state index in [4.69, 9.17) is 11.6 Å². The number of aromatic nitrogens is 4. The molecule has 20 heavy (non-hydrogen) atoms. The molecule has 0 radical (unpaired) electrons. The summed E-state index contributed by atoms with van der Waals surface area (Å²) < 4.78 is 1.72. The Balaban J connectivity index is 2.00. The summed E-state index contributed by atoms with van der Waals surface area (Å²) in [5.74, 6) is 1.40. The Kier molecular flexibility index (Phi) is 3.48. The summed E-state index contributed by atoms with van der Waals surface area (Å²) in [5.41, 5.74) is 2.16. The van der Waals surface area contributed by atoms with E-state index in [2.05, 4.69) is 15.1 Å². The van der Waals surface area contributed by atoms with Crippen LogP contribution in [0.2, 0.25) is 5.15 Å². The molecule has 100 valence electrons. The number of benzene rings is 1. The van der Waals surface area contributed by atoms with Crippen LogP contribution in [0.5, 0.6) is 0 Å². The van der Waals surface area contributed by atoms with Gasteiger partial charge in [-0.3, -0.25) is 0 Å². The van der Waals surface area contributed by atoms with Crippen molar-refractivity contribution in [2.24, 2.45) is 0 Å². The van der Waals surface area contributed by atoms with Crippen LogP contribution in [0.25, 0.3) is 16.9 Å². The molecule has 0 N–H and O–H groups in total. The molecule has 0 atom stereocenters. The molecule has 0 bridgehead atoms. The fourth-order valence-corrected chi connectivity index (χ4v) is 2.15. The monoisotopic (exact) mass is 284 g/mol. The molecular formula is C15H13ClN4. The maximum absolute atomic E-state index is 6.01. The van der Waals surface area contributed by atoms with Crippen molar-refractivity contribution >= 4 is 11.6 Å². The van der Waals surface area contributed by atoms with Crippen LogP contribution < -0.4 is 0 Å². The summed E-state index contributed by atoms with van der Waals surface area (Å²) >= 11 is 6.01. The highest BCUT2D eigenvalue weighted by atomic mass is 35.5. The molecule has 3 aromatic rings. The van der Waals surface area contributed by atoms with Crippen LogP contribution in [0.15, 0.2) is 48.8 Å². The summed E-state index contributed by atoms with van der Waals surface area (Å²) in [4.78, 5) is 8.59. The maximum Gasteiger partial charge on any atom is 0.158 e. The van der Waals surface area contributed by atoms with Gasteiger partial charge in [-0.25, -0.2) is 14.6 Å². The third-order valence-electron chi connectivity index (χ3n) is 2.97. The highest BCUT2D eigenvalue weighted by Gasteiger charge is 2.07. The first-order chi connectivity index (χ1) is 9.76. The summed E-state index contributed by atoms with van der Waals surface area (Å²) in [7, 11) is 0. The van der Waals surface area contributed by atoms with Gasteiger partial charge in [-0.2, -0.15) is 5.10 Å². The molecule has 0 aliphatic carbocycles. The van der Waals surface area contributed by atoms with E-state index in [9.17, 15) is 0 Å². The highest BCUT2D eigenvalue weighted by molar-refractivity contribution is 6.29. The number of hydrogen-bond donors (Lipinski definition) is 0. The van der Waals surface area contributed by atoms with Crippen molar-refractivity contribution < 1.29 is 0 Å². The van der Waals surface area contributed by atoms with E-state index < -0.39 is 0 Å². The van der Waals surface area contributed by atoms with E-state index in [1.165, 1.54) is 0 Å². The molecule has 0 saturated heterocycles. The normalized spacial score (nSPS) is 10.7. The van der Waals surface area contributed by atoms with Gasteiger partial charge < -0.3 is 0 Å². The number of nitrogens with zero attached hydrogens (tertiary/aromatic N) is 4. The zero-order chi connectivity index (χ0) is 13.9. The SMILES string of the molecule is CCc1nc(Cl)cc(-n2cc(-c3ccccc3)cn2)n1. The molecule has 3 rings (SSSR count). The predicted molar refractivity (Wildman–Crippen MR) is 79.0 cm³/mol. The van der Waals surface area contributed by atoms with Crippen LogP contribution in [-0.4, -0.2) is 19.7 Å². The standard InChI is InChI=1S/C15H13ClN4/c1-2-14-18-13(16)8-15(19-14)20-10-12(9-17-20)11-6-4-3-5-7-11/h3-10H,2H2,1H3. The Hall–Kier alpha value is -2.20. The quantitative estimate of drug-likeness (QED) is 0.691. The Morgan fingerprint density at radius 3 is 2.65 bits per heavy atom. The average Bonchev–Trinajstić information content (AvgIpc) is 2.97. The molecule has 0 spiro atoms. The highest BCUT2D eigenvalue weighted by Crippen LogP contribution is 2.19. The molecule has 0 amide bonds. The predicted octanol–water partition coefficient (Wildman–Crippen LogP) is 3.55. The second-order valence-electron chi connectivity index (χ2n) is 4.36.